The molecule has 1 aliphatic rings. The minimum atomic E-state index is -0.0682. The summed E-state index contributed by atoms with van der Waals surface area (Å²) in [5, 5.41) is 0. The maximum absolute atomic E-state index is 5.87. The van der Waals surface area contributed by atoms with Crippen molar-refractivity contribution in [1.82, 2.24) is 0 Å². The van der Waals surface area contributed by atoms with Crippen LogP contribution in [-0.4, -0.2) is 13.2 Å². The van der Waals surface area contributed by atoms with E-state index >= 15 is 0 Å². The van der Waals surface area contributed by atoms with Gasteiger partial charge in [0.1, 0.15) is 30.0 Å². The molecule has 3 heteroatoms. The van der Waals surface area contributed by atoms with Crippen LogP contribution >= 0.6 is 0 Å². The summed E-state index contributed by atoms with van der Waals surface area (Å²) in [6.07, 6.45) is 6.51. The molecule has 0 N–H and O–H groups in total. The van der Waals surface area contributed by atoms with Gasteiger partial charge in [-0.25, -0.2) is 0 Å². The Morgan fingerprint density at radius 1 is 1.16 bits per heavy atom. The van der Waals surface area contributed by atoms with Gasteiger partial charge in [0.25, 0.3) is 0 Å². The van der Waals surface area contributed by atoms with E-state index < -0.39 is 0 Å². The fourth-order valence-corrected chi connectivity index (χ4v) is 2.62. The summed E-state index contributed by atoms with van der Waals surface area (Å²) in [6, 6.07) is 18.1. The lowest BCUT2D eigenvalue weighted by Crippen LogP contribution is -2.15. The van der Waals surface area contributed by atoms with E-state index in [0.717, 1.165) is 22.6 Å². The molecule has 128 valence electrons. The van der Waals surface area contributed by atoms with Gasteiger partial charge in [-0.3, -0.25) is 0 Å². The van der Waals surface area contributed by atoms with Gasteiger partial charge in [0.05, 0.1) is 7.11 Å². The lowest BCUT2D eigenvalue weighted by Gasteiger charge is -2.22. The fourth-order valence-electron chi connectivity index (χ4n) is 2.62. The fraction of sp³-hybridized carbons (Fsp3) is 0.182. The van der Waals surface area contributed by atoms with Crippen molar-refractivity contribution in [2.75, 3.05) is 7.11 Å². The molecule has 0 amide bonds. The van der Waals surface area contributed by atoms with E-state index in [1.54, 1.807) is 7.11 Å². The molecule has 1 aliphatic heterocycles. The van der Waals surface area contributed by atoms with Crippen molar-refractivity contribution in [3.63, 3.8) is 0 Å². The summed E-state index contributed by atoms with van der Waals surface area (Å²) in [6.45, 7) is 4.41. The molecule has 0 spiro atoms. The van der Waals surface area contributed by atoms with Crippen molar-refractivity contribution in [2.45, 2.75) is 19.1 Å². The maximum Gasteiger partial charge on any atom is 0.124 e. The van der Waals surface area contributed by atoms with Crippen LogP contribution in [0.25, 0.3) is 6.08 Å². The number of hydrogen-bond donors (Lipinski definition) is 0. The quantitative estimate of drug-likeness (QED) is 0.734. The van der Waals surface area contributed by atoms with E-state index in [9.17, 15) is 0 Å². The molecule has 0 aromatic heterocycles. The van der Waals surface area contributed by atoms with Crippen LogP contribution in [0.1, 0.15) is 17.5 Å². The first-order chi connectivity index (χ1) is 12.2. The molecule has 0 saturated heterocycles. The second kappa shape index (κ2) is 8.25. The van der Waals surface area contributed by atoms with Crippen LogP contribution < -0.4 is 4.74 Å². The SMILES string of the molecule is C=C1C=C(OC)CC(/C=C/c2cccc(OCc3ccccc3)c2)O1. The van der Waals surface area contributed by atoms with Gasteiger partial charge < -0.3 is 14.2 Å². The van der Waals surface area contributed by atoms with E-state index in [1.807, 2.05) is 60.7 Å². The molecule has 0 bridgehead atoms. The largest absolute Gasteiger partial charge is 0.501 e. The topological polar surface area (TPSA) is 27.7 Å². The maximum atomic E-state index is 5.87. The van der Waals surface area contributed by atoms with E-state index in [1.165, 1.54) is 0 Å². The second-order valence-electron chi connectivity index (χ2n) is 5.85. The van der Waals surface area contributed by atoms with Crippen LogP contribution in [0.5, 0.6) is 5.75 Å². The molecule has 2 aromatic rings. The van der Waals surface area contributed by atoms with Gasteiger partial charge in [-0.2, -0.15) is 0 Å². The summed E-state index contributed by atoms with van der Waals surface area (Å²) in [7, 11) is 1.67. The summed E-state index contributed by atoms with van der Waals surface area (Å²) in [5.74, 6) is 2.35. The summed E-state index contributed by atoms with van der Waals surface area (Å²) in [4.78, 5) is 0. The molecule has 1 atom stereocenters. The number of allylic oxidation sites excluding steroid dienone is 1. The van der Waals surface area contributed by atoms with Crippen LogP contribution in [0.3, 0.4) is 0 Å². The van der Waals surface area contributed by atoms with Crippen molar-refractivity contribution in [3.05, 3.63) is 96.0 Å². The third kappa shape index (κ3) is 5.01. The highest BCUT2D eigenvalue weighted by atomic mass is 16.5. The molecule has 3 nitrogen and oxygen atoms in total. The number of benzene rings is 2. The zero-order valence-corrected chi connectivity index (χ0v) is 14.4. The first-order valence-corrected chi connectivity index (χ1v) is 8.28. The predicted octanol–water partition coefficient (Wildman–Crippen LogP) is 5.11. The molecule has 2 aromatic carbocycles. The van der Waals surface area contributed by atoms with E-state index in [-0.39, 0.29) is 6.10 Å². The average molecular weight is 334 g/mol. The molecule has 1 heterocycles. The summed E-state index contributed by atoms with van der Waals surface area (Å²) in [5.41, 5.74) is 2.21. The number of rotatable bonds is 6. The number of hydrogen-bond acceptors (Lipinski definition) is 3. The smallest absolute Gasteiger partial charge is 0.124 e. The third-order valence-electron chi connectivity index (χ3n) is 3.90. The van der Waals surface area contributed by atoms with Crippen molar-refractivity contribution < 1.29 is 14.2 Å². The van der Waals surface area contributed by atoms with E-state index in [2.05, 4.69) is 18.7 Å². The molecule has 3 rings (SSSR count). The first-order valence-electron chi connectivity index (χ1n) is 8.28. The van der Waals surface area contributed by atoms with Crippen LogP contribution in [0.15, 0.2) is 84.8 Å². The Hall–Kier alpha value is -2.94. The zero-order chi connectivity index (χ0) is 17.5. The zero-order valence-electron chi connectivity index (χ0n) is 14.4. The normalized spacial score (nSPS) is 17.1. The Morgan fingerprint density at radius 2 is 2.00 bits per heavy atom. The minimum Gasteiger partial charge on any atom is -0.501 e. The van der Waals surface area contributed by atoms with Crippen molar-refractivity contribution in [1.29, 1.82) is 0 Å². The molecular formula is C22H22O3. The molecule has 0 radical (unpaired) electrons. The summed E-state index contributed by atoms with van der Waals surface area (Å²) < 4.78 is 16.9. The van der Waals surface area contributed by atoms with Crippen LogP contribution in [0.4, 0.5) is 0 Å². The highest BCUT2D eigenvalue weighted by Crippen LogP contribution is 2.23. The predicted molar refractivity (Wildman–Crippen MR) is 100.0 cm³/mol. The Bertz CT molecular complexity index is 775. The van der Waals surface area contributed by atoms with Crippen LogP contribution in [-0.2, 0) is 16.1 Å². The Morgan fingerprint density at radius 3 is 2.80 bits per heavy atom. The monoisotopic (exact) mass is 334 g/mol. The molecule has 0 fully saturated rings. The molecule has 1 unspecified atom stereocenters. The van der Waals surface area contributed by atoms with Crippen LogP contribution in [0, 0.1) is 0 Å². The van der Waals surface area contributed by atoms with Gasteiger partial charge in [-0.15, -0.1) is 0 Å². The van der Waals surface area contributed by atoms with E-state index in [4.69, 9.17) is 14.2 Å². The Balaban J connectivity index is 1.61. The Labute approximate surface area is 148 Å². The number of ether oxygens (including phenoxy) is 3. The van der Waals surface area contributed by atoms with Gasteiger partial charge in [-0.1, -0.05) is 55.1 Å². The van der Waals surface area contributed by atoms with Crippen molar-refractivity contribution in [2.24, 2.45) is 0 Å². The molecule has 25 heavy (non-hydrogen) atoms. The van der Waals surface area contributed by atoms with Gasteiger partial charge in [0.15, 0.2) is 0 Å². The van der Waals surface area contributed by atoms with E-state index in [0.29, 0.717) is 18.8 Å². The Kier molecular flexibility index (Phi) is 5.57. The molecular weight excluding hydrogens is 312 g/mol. The molecule has 0 aliphatic carbocycles. The lowest BCUT2D eigenvalue weighted by molar-refractivity contribution is 0.126. The third-order valence-corrected chi connectivity index (χ3v) is 3.90. The second-order valence-corrected chi connectivity index (χ2v) is 5.85. The van der Waals surface area contributed by atoms with Gasteiger partial charge in [0.2, 0.25) is 0 Å². The van der Waals surface area contributed by atoms with Crippen molar-refractivity contribution >= 4 is 6.08 Å². The lowest BCUT2D eigenvalue weighted by atomic mass is 10.1. The highest BCUT2D eigenvalue weighted by molar-refractivity contribution is 5.52. The first kappa shape index (κ1) is 16.9. The highest BCUT2D eigenvalue weighted by Gasteiger charge is 2.16. The minimum absolute atomic E-state index is 0.0682. The van der Waals surface area contributed by atoms with Gasteiger partial charge >= 0.3 is 0 Å². The van der Waals surface area contributed by atoms with Gasteiger partial charge in [-0.05, 0) is 29.3 Å². The van der Waals surface area contributed by atoms with Crippen LogP contribution in [0.2, 0.25) is 0 Å². The summed E-state index contributed by atoms with van der Waals surface area (Å²) >= 11 is 0. The standard InChI is InChI=1S/C22H22O3/c1-17-13-22(23-2)15-21(25-17)12-11-18-9-6-10-20(14-18)24-16-19-7-4-3-5-8-19/h3-14,21H,1,15-16H2,2H3/b12-11+. The average Bonchev–Trinajstić information content (AvgIpc) is 2.65. The molecule has 0 saturated carbocycles. The van der Waals surface area contributed by atoms with Crippen molar-refractivity contribution in [3.8, 4) is 5.75 Å². The number of methoxy groups -OCH3 is 1. The van der Waals surface area contributed by atoms with Gasteiger partial charge in [0, 0.05) is 12.5 Å².